The van der Waals surface area contributed by atoms with Crippen LogP contribution >= 0.6 is 0 Å². The molecule has 2 N–H and O–H groups in total. The lowest BCUT2D eigenvalue weighted by molar-refractivity contribution is -0.116. The van der Waals surface area contributed by atoms with Crippen molar-refractivity contribution in [1.29, 1.82) is 0 Å². The van der Waals surface area contributed by atoms with Crippen molar-refractivity contribution in [3.63, 3.8) is 0 Å². The predicted molar refractivity (Wildman–Crippen MR) is 65.9 cm³/mol. The lowest BCUT2D eigenvalue weighted by atomic mass is 9.99. The van der Waals surface area contributed by atoms with Gasteiger partial charge >= 0.3 is 5.97 Å². The van der Waals surface area contributed by atoms with E-state index in [4.69, 9.17) is 9.63 Å². The Morgan fingerprint density at radius 1 is 1.42 bits per heavy atom. The number of benzene rings is 1. The molecule has 1 aliphatic heterocycles. The lowest BCUT2D eigenvalue weighted by Crippen LogP contribution is -2.08. The maximum absolute atomic E-state index is 11.5. The minimum Gasteiger partial charge on any atom is -0.476 e. The normalized spacial score (nSPS) is 17.1. The summed E-state index contributed by atoms with van der Waals surface area (Å²) in [4.78, 5) is 22.3. The van der Waals surface area contributed by atoms with Crippen LogP contribution in [0.5, 0.6) is 0 Å². The van der Waals surface area contributed by atoms with Gasteiger partial charge in [0.05, 0.1) is 5.92 Å². The summed E-state index contributed by atoms with van der Waals surface area (Å²) in [7, 11) is 0. The summed E-state index contributed by atoms with van der Waals surface area (Å²) in [5, 5.41) is 15.0. The van der Waals surface area contributed by atoms with Gasteiger partial charge in [0.1, 0.15) is 0 Å². The second kappa shape index (κ2) is 3.94. The number of hydrogen-bond donors (Lipinski definition) is 2. The fourth-order valence-electron chi connectivity index (χ4n) is 2.08. The maximum atomic E-state index is 11.5. The molecule has 0 radical (unpaired) electrons. The zero-order valence-electron chi connectivity index (χ0n) is 10.0. The van der Waals surface area contributed by atoms with Gasteiger partial charge in [0.25, 0.3) is 0 Å². The van der Waals surface area contributed by atoms with Gasteiger partial charge < -0.3 is 14.9 Å². The van der Waals surface area contributed by atoms with E-state index in [1.54, 1.807) is 12.1 Å². The molecule has 6 heteroatoms. The van der Waals surface area contributed by atoms with Crippen molar-refractivity contribution in [3.8, 4) is 11.3 Å². The van der Waals surface area contributed by atoms with E-state index in [0.717, 1.165) is 11.3 Å². The number of carboxylic acids is 1. The highest BCUT2D eigenvalue weighted by Gasteiger charge is 2.27. The molecular weight excluding hydrogens is 248 g/mol. The van der Waals surface area contributed by atoms with Crippen LogP contribution in [0.2, 0.25) is 0 Å². The van der Waals surface area contributed by atoms with Gasteiger partial charge in [0, 0.05) is 17.3 Å². The quantitative estimate of drug-likeness (QED) is 0.860. The van der Waals surface area contributed by atoms with Crippen LogP contribution in [0.1, 0.15) is 28.9 Å². The number of carbonyl (C=O) groups excluding carboxylic acids is 1. The van der Waals surface area contributed by atoms with E-state index >= 15 is 0 Å². The Balaban J connectivity index is 2.03. The molecule has 1 aromatic heterocycles. The smallest absolute Gasteiger partial charge is 0.358 e. The highest BCUT2D eigenvalue weighted by molar-refractivity contribution is 6.03. The molecule has 2 heterocycles. The van der Waals surface area contributed by atoms with Gasteiger partial charge in [-0.2, -0.15) is 0 Å². The number of carboxylic acid groups (broad SMARTS) is 1. The Hall–Kier alpha value is -2.63. The molecular formula is C13H10N2O4. The number of amides is 1. The number of aromatic nitrogens is 1. The second-order valence-electron chi connectivity index (χ2n) is 4.39. The van der Waals surface area contributed by atoms with Crippen molar-refractivity contribution in [2.24, 2.45) is 0 Å². The molecule has 0 spiro atoms. The molecule has 0 saturated carbocycles. The molecule has 0 saturated heterocycles. The first kappa shape index (κ1) is 11.5. The number of aromatic carboxylic acids is 1. The zero-order valence-corrected chi connectivity index (χ0v) is 10.0. The van der Waals surface area contributed by atoms with E-state index in [9.17, 15) is 9.59 Å². The summed E-state index contributed by atoms with van der Waals surface area (Å²) >= 11 is 0. The summed E-state index contributed by atoms with van der Waals surface area (Å²) in [6.07, 6.45) is 0. The van der Waals surface area contributed by atoms with Crippen molar-refractivity contribution < 1.29 is 19.2 Å². The Labute approximate surface area is 108 Å². The third-order valence-corrected chi connectivity index (χ3v) is 3.18. The van der Waals surface area contributed by atoms with Gasteiger partial charge in [-0.05, 0) is 30.7 Å². The van der Waals surface area contributed by atoms with Gasteiger partial charge in [-0.1, -0.05) is 5.16 Å². The van der Waals surface area contributed by atoms with Crippen molar-refractivity contribution >= 4 is 17.6 Å². The van der Waals surface area contributed by atoms with E-state index in [1.807, 2.05) is 13.0 Å². The van der Waals surface area contributed by atoms with Crippen LogP contribution in [0.3, 0.4) is 0 Å². The molecule has 1 aromatic carbocycles. The first-order chi connectivity index (χ1) is 9.06. The third kappa shape index (κ3) is 1.77. The molecule has 1 amide bonds. The molecule has 3 rings (SSSR count). The lowest BCUT2D eigenvalue weighted by Gasteiger charge is -2.02. The van der Waals surface area contributed by atoms with E-state index < -0.39 is 5.97 Å². The van der Waals surface area contributed by atoms with Crippen molar-refractivity contribution in [2.45, 2.75) is 12.8 Å². The summed E-state index contributed by atoms with van der Waals surface area (Å²) < 4.78 is 5.00. The largest absolute Gasteiger partial charge is 0.476 e. The standard InChI is InChI=1S/C13H10N2O4/c1-6-8-4-7(2-3-9(8)14-12(6)16)11-5-10(13(17)18)15-19-11/h2-6H,1H3,(H,14,16)(H,17,18). The fraction of sp³-hybridized carbons (Fsp3) is 0.154. The fourth-order valence-corrected chi connectivity index (χ4v) is 2.08. The molecule has 1 atom stereocenters. The summed E-state index contributed by atoms with van der Waals surface area (Å²) in [6.45, 7) is 1.81. The Morgan fingerprint density at radius 3 is 2.89 bits per heavy atom. The highest BCUT2D eigenvalue weighted by Crippen LogP contribution is 2.35. The Kier molecular flexibility index (Phi) is 2.38. The van der Waals surface area contributed by atoms with Crippen LogP contribution in [0, 0.1) is 0 Å². The topological polar surface area (TPSA) is 92.4 Å². The number of carbonyl (C=O) groups is 2. The SMILES string of the molecule is CC1C(=O)Nc2ccc(-c3cc(C(=O)O)no3)cc21. The van der Waals surface area contributed by atoms with Crippen LogP contribution in [0.4, 0.5) is 5.69 Å². The van der Waals surface area contributed by atoms with Crippen LogP contribution in [0.25, 0.3) is 11.3 Å². The molecule has 6 nitrogen and oxygen atoms in total. The van der Waals surface area contributed by atoms with Crippen LogP contribution in [-0.2, 0) is 4.79 Å². The number of hydrogen-bond acceptors (Lipinski definition) is 4. The van der Waals surface area contributed by atoms with Crippen LogP contribution in [0.15, 0.2) is 28.8 Å². The van der Waals surface area contributed by atoms with Gasteiger partial charge in [-0.15, -0.1) is 0 Å². The van der Waals surface area contributed by atoms with Crippen molar-refractivity contribution in [1.82, 2.24) is 5.16 Å². The Bertz CT molecular complexity index is 690. The number of nitrogens with one attached hydrogen (secondary N) is 1. The number of anilines is 1. The summed E-state index contributed by atoms with van der Waals surface area (Å²) in [6, 6.07) is 6.70. The Morgan fingerprint density at radius 2 is 2.21 bits per heavy atom. The summed E-state index contributed by atoms with van der Waals surface area (Å²) in [5.74, 6) is -1.04. The predicted octanol–water partition coefficient (Wildman–Crippen LogP) is 2.10. The van der Waals surface area contributed by atoms with E-state index in [0.29, 0.717) is 11.3 Å². The molecule has 2 aromatic rings. The highest BCUT2D eigenvalue weighted by atomic mass is 16.5. The molecule has 0 aliphatic carbocycles. The number of nitrogens with zero attached hydrogens (tertiary/aromatic N) is 1. The molecule has 1 aliphatic rings. The van der Waals surface area contributed by atoms with E-state index in [1.165, 1.54) is 6.07 Å². The first-order valence-electron chi connectivity index (χ1n) is 5.71. The van der Waals surface area contributed by atoms with Crippen LogP contribution in [-0.4, -0.2) is 22.1 Å². The average molecular weight is 258 g/mol. The average Bonchev–Trinajstić information content (AvgIpc) is 2.96. The summed E-state index contributed by atoms with van der Waals surface area (Å²) in [5.41, 5.74) is 2.20. The van der Waals surface area contributed by atoms with Gasteiger partial charge in [0.2, 0.25) is 5.91 Å². The molecule has 0 bridgehead atoms. The third-order valence-electron chi connectivity index (χ3n) is 3.18. The van der Waals surface area contributed by atoms with Gasteiger partial charge in [0.15, 0.2) is 11.5 Å². The zero-order chi connectivity index (χ0) is 13.6. The number of fused-ring (bicyclic) bond motifs is 1. The maximum Gasteiger partial charge on any atom is 0.358 e. The first-order valence-corrected chi connectivity index (χ1v) is 5.71. The second-order valence-corrected chi connectivity index (χ2v) is 4.39. The molecule has 96 valence electrons. The molecule has 1 unspecified atom stereocenters. The minimum atomic E-state index is -1.14. The minimum absolute atomic E-state index is 0.0454. The van der Waals surface area contributed by atoms with Gasteiger partial charge in [-0.25, -0.2) is 4.79 Å². The van der Waals surface area contributed by atoms with Crippen molar-refractivity contribution in [3.05, 3.63) is 35.5 Å². The van der Waals surface area contributed by atoms with E-state index in [-0.39, 0.29) is 17.5 Å². The molecule has 0 fully saturated rings. The monoisotopic (exact) mass is 258 g/mol. The molecule has 19 heavy (non-hydrogen) atoms. The van der Waals surface area contributed by atoms with Crippen LogP contribution < -0.4 is 5.32 Å². The van der Waals surface area contributed by atoms with Crippen molar-refractivity contribution in [2.75, 3.05) is 5.32 Å². The van der Waals surface area contributed by atoms with E-state index in [2.05, 4.69) is 10.5 Å². The van der Waals surface area contributed by atoms with Gasteiger partial charge in [-0.3, -0.25) is 4.79 Å². The number of rotatable bonds is 2.